The summed E-state index contributed by atoms with van der Waals surface area (Å²) >= 11 is 0. The third kappa shape index (κ3) is 3.15. The number of amides is 1. The average molecular weight is 360 g/mol. The van der Waals surface area contributed by atoms with E-state index >= 15 is 0 Å². The Kier molecular flexibility index (Phi) is 4.84. The van der Waals surface area contributed by atoms with E-state index in [1.165, 1.54) is 0 Å². The van der Waals surface area contributed by atoms with E-state index in [1.54, 1.807) is 4.90 Å². The molecule has 0 saturated carbocycles. The minimum Gasteiger partial charge on any atom is -0.368 e. The lowest BCUT2D eigenvalue weighted by atomic mass is 10.2. The summed E-state index contributed by atoms with van der Waals surface area (Å²) in [7, 11) is -4.28. The molecule has 3 rings (SSSR count). The van der Waals surface area contributed by atoms with Gasteiger partial charge in [0.1, 0.15) is 17.7 Å². The second-order valence-corrected chi connectivity index (χ2v) is 7.66. The molecular weight excluding hydrogens is 342 g/mol. The molecule has 132 valence electrons. The molecule has 1 aromatic rings. The molecule has 0 unspecified atom stereocenters. The lowest BCUT2D eigenvalue weighted by Crippen LogP contribution is -2.52. The van der Waals surface area contributed by atoms with E-state index in [4.69, 9.17) is 4.74 Å². The lowest BCUT2D eigenvalue weighted by molar-refractivity contribution is -0.142. The molecule has 2 fully saturated rings. The Hall–Kier alpha value is -1.58. The number of carbonyl (C=O) groups is 1. The number of hydrogen-bond donors (Lipinski definition) is 0. The van der Waals surface area contributed by atoms with Crippen molar-refractivity contribution in [2.24, 2.45) is 0 Å². The van der Waals surface area contributed by atoms with Crippen molar-refractivity contribution >= 4 is 15.9 Å². The first-order chi connectivity index (χ1) is 11.4. The molecule has 0 aliphatic carbocycles. The second kappa shape index (κ2) is 6.73. The fraction of sp³-hybridized carbons (Fsp3) is 0.533. The molecular formula is C15H18F2N2O4S. The summed E-state index contributed by atoms with van der Waals surface area (Å²) < 4.78 is 58.9. The van der Waals surface area contributed by atoms with Crippen molar-refractivity contribution in [3.63, 3.8) is 0 Å². The normalized spacial score (nSPS) is 22.8. The van der Waals surface area contributed by atoms with Gasteiger partial charge in [0.2, 0.25) is 10.0 Å². The van der Waals surface area contributed by atoms with Crippen LogP contribution in [-0.2, 0) is 19.6 Å². The first-order valence-corrected chi connectivity index (χ1v) is 9.20. The Labute approximate surface area is 139 Å². The second-order valence-electron chi connectivity index (χ2n) is 5.78. The van der Waals surface area contributed by atoms with Crippen LogP contribution >= 0.6 is 0 Å². The van der Waals surface area contributed by atoms with E-state index in [0.29, 0.717) is 13.0 Å². The summed E-state index contributed by atoms with van der Waals surface area (Å²) in [6, 6.07) is 2.93. The summed E-state index contributed by atoms with van der Waals surface area (Å²) in [5.74, 6) is -2.39. The monoisotopic (exact) mass is 360 g/mol. The summed E-state index contributed by atoms with van der Waals surface area (Å²) in [6.45, 7) is 0.891. The minimum atomic E-state index is -4.28. The van der Waals surface area contributed by atoms with Crippen molar-refractivity contribution in [1.82, 2.24) is 9.21 Å². The van der Waals surface area contributed by atoms with Gasteiger partial charge in [-0.1, -0.05) is 6.07 Å². The molecule has 0 bridgehead atoms. The number of nitrogens with zero attached hydrogens (tertiary/aromatic N) is 2. The number of ether oxygens (including phenoxy) is 1. The fourth-order valence-corrected chi connectivity index (χ4v) is 4.51. The Morgan fingerprint density at radius 3 is 2.29 bits per heavy atom. The zero-order chi connectivity index (χ0) is 17.3. The van der Waals surface area contributed by atoms with Crippen LogP contribution in [0.3, 0.4) is 0 Å². The fourth-order valence-electron chi connectivity index (χ4n) is 2.98. The van der Waals surface area contributed by atoms with Gasteiger partial charge in [0.25, 0.3) is 5.91 Å². The van der Waals surface area contributed by atoms with Crippen LogP contribution in [0.4, 0.5) is 8.78 Å². The molecule has 2 heterocycles. The maximum Gasteiger partial charge on any atom is 0.251 e. The largest absolute Gasteiger partial charge is 0.368 e. The third-order valence-electron chi connectivity index (χ3n) is 4.27. The minimum absolute atomic E-state index is 0.00539. The zero-order valence-electron chi connectivity index (χ0n) is 13.0. The van der Waals surface area contributed by atoms with E-state index in [2.05, 4.69) is 0 Å². The Morgan fingerprint density at radius 2 is 1.75 bits per heavy atom. The van der Waals surface area contributed by atoms with E-state index in [1.807, 2.05) is 0 Å². The molecule has 0 spiro atoms. The van der Waals surface area contributed by atoms with Crippen LogP contribution in [0, 0.1) is 11.6 Å². The Morgan fingerprint density at radius 1 is 1.12 bits per heavy atom. The predicted octanol–water partition coefficient (Wildman–Crippen LogP) is 0.977. The molecule has 1 aromatic carbocycles. The summed E-state index contributed by atoms with van der Waals surface area (Å²) in [5.41, 5.74) is 0. The number of piperazine rings is 1. The molecule has 2 aliphatic rings. The Bertz CT molecular complexity index is 707. The van der Waals surface area contributed by atoms with Gasteiger partial charge in [-0.15, -0.1) is 0 Å². The number of sulfonamides is 1. The van der Waals surface area contributed by atoms with Crippen LogP contribution in [0.15, 0.2) is 23.1 Å². The molecule has 24 heavy (non-hydrogen) atoms. The van der Waals surface area contributed by atoms with Gasteiger partial charge in [-0.2, -0.15) is 4.31 Å². The highest BCUT2D eigenvalue weighted by Gasteiger charge is 2.36. The standard InChI is InChI=1S/C15H18F2N2O4S/c16-11-3-1-4-12(17)14(11)24(21,22)19-8-6-18(7-9-19)15(20)13-5-2-10-23-13/h1,3-4,13H,2,5-10H2/t13-/m1/s1. The van der Waals surface area contributed by atoms with Crippen LogP contribution in [0.1, 0.15) is 12.8 Å². The van der Waals surface area contributed by atoms with Crippen molar-refractivity contribution in [3.8, 4) is 0 Å². The highest BCUT2D eigenvalue weighted by atomic mass is 32.2. The van der Waals surface area contributed by atoms with Gasteiger partial charge in [-0.05, 0) is 25.0 Å². The number of halogens is 2. The van der Waals surface area contributed by atoms with E-state index in [-0.39, 0.29) is 32.1 Å². The average Bonchev–Trinajstić information content (AvgIpc) is 3.08. The summed E-state index contributed by atoms with van der Waals surface area (Å²) in [4.78, 5) is 12.8. The predicted molar refractivity (Wildman–Crippen MR) is 80.7 cm³/mol. The number of benzene rings is 1. The topological polar surface area (TPSA) is 66.9 Å². The van der Waals surface area contributed by atoms with Crippen molar-refractivity contribution in [2.75, 3.05) is 32.8 Å². The van der Waals surface area contributed by atoms with E-state index in [9.17, 15) is 22.0 Å². The maximum atomic E-state index is 13.8. The van der Waals surface area contributed by atoms with Crippen molar-refractivity contribution in [2.45, 2.75) is 23.8 Å². The van der Waals surface area contributed by atoms with Crippen molar-refractivity contribution in [1.29, 1.82) is 0 Å². The molecule has 0 aromatic heterocycles. The van der Waals surface area contributed by atoms with Crippen LogP contribution in [0.2, 0.25) is 0 Å². The van der Waals surface area contributed by atoms with Gasteiger partial charge in [0.15, 0.2) is 4.90 Å². The van der Waals surface area contributed by atoms with Crippen LogP contribution in [0.25, 0.3) is 0 Å². The molecule has 1 amide bonds. The first-order valence-electron chi connectivity index (χ1n) is 7.76. The molecule has 6 nitrogen and oxygen atoms in total. The van der Waals surface area contributed by atoms with Gasteiger partial charge < -0.3 is 9.64 Å². The van der Waals surface area contributed by atoms with Crippen molar-refractivity contribution < 1.29 is 26.7 Å². The van der Waals surface area contributed by atoms with Crippen LogP contribution in [0.5, 0.6) is 0 Å². The smallest absolute Gasteiger partial charge is 0.251 e. The molecule has 0 radical (unpaired) electrons. The number of hydrogen-bond acceptors (Lipinski definition) is 4. The van der Waals surface area contributed by atoms with Gasteiger partial charge in [0.05, 0.1) is 0 Å². The molecule has 2 aliphatic heterocycles. The first kappa shape index (κ1) is 17.2. The highest BCUT2D eigenvalue weighted by Crippen LogP contribution is 2.24. The molecule has 0 N–H and O–H groups in total. The summed E-state index contributed by atoms with van der Waals surface area (Å²) in [6.07, 6.45) is 1.03. The number of carbonyl (C=O) groups excluding carboxylic acids is 1. The lowest BCUT2D eigenvalue weighted by Gasteiger charge is -2.35. The van der Waals surface area contributed by atoms with E-state index in [0.717, 1.165) is 28.9 Å². The summed E-state index contributed by atoms with van der Waals surface area (Å²) in [5, 5.41) is 0. The van der Waals surface area contributed by atoms with Crippen LogP contribution in [-0.4, -0.2) is 62.4 Å². The van der Waals surface area contributed by atoms with Gasteiger partial charge in [-0.25, -0.2) is 17.2 Å². The van der Waals surface area contributed by atoms with Gasteiger partial charge in [0, 0.05) is 32.8 Å². The van der Waals surface area contributed by atoms with Gasteiger partial charge >= 0.3 is 0 Å². The zero-order valence-corrected chi connectivity index (χ0v) is 13.8. The quantitative estimate of drug-likeness (QED) is 0.806. The van der Waals surface area contributed by atoms with Crippen LogP contribution < -0.4 is 0 Å². The molecule has 9 heteroatoms. The molecule has 2 saturated heterocycles. The SMILES string of the molecule is O=C([C@H]1CCCO1)N1CCN(S(=O)(=O)c2c(F)cccc2F)CC1. The van der Waals surface area contributed by atoms with Crippen molar-refractivity contribution in [3.05, 3.63) is 29.8 Å². The highest BCUT2D eigenvalue weighted by molar-refractivity contribution is 7.89. The molecule has 1 atom stereocenters. The van der Waals surface area contributed by atoms with E-state index < -0.39 is 32.7 Å². The van der Waals surface area contributed by atoms with Gasteiger partial charge in [-0.3, -0.25) is 4.79 Å². The Balaban J connectivity index is 1.71. The third-order valence-corrected chi connectivity index (χ3v) is 6.22. The maximum absolute atomic E-state index is 13.8. The number of rotatable bonds is 3.